The highest BCUT2D eigenvalue weighted by Gasteiger charge is 2.38. The van der Waals surface area contributed by atoms with Crippen LogP contribution in [-0.2, 0) is 29.2 Å². The largest absolute Gasteiger partial charge is 0.431 e. The van der Waals surface area contributed by atoms with Crippen molar-refractivity contribution in [1.29, 1.82) is 0 Å². The normalized spacial score (nSPS) is 17.8. The Morgan fingerprint density at radius 3 is 1.93 bits per heavy atom. The van der Waals surface area contributed by atoms with Gasteiger partial charge in [-0.05, 0) is 39.4 Å². The van der Waals surface area contributed by atoms with Gasteiger partial charge in [0, 0.05) is 41.5 Å². The van der Waals surface area contributed by atoms with Crippen molar-refractivity contribution in [2.24, 2.45) is 5.92 Å². The van der Waals surface area contributed by atoms with Gasteiger partial charge in [0.15, 0.2) is 12.1 Å². The fourth-order valence-electron chi connectivity index (χ4n) is 7.12. The summed E-state index contributed by atoms with van der Waals surface area (Å²) in [6.07, 6.45) is -1.07. The molecule has 292 valence electrons. The van der Waals surface area contributed by atoms with Crippen molar-refractivity contribution in [3.05, 3.63) is 192 Å². The summed E-state index contributed by atoms with van der Waals surface area (Å²) >= 11 is 1.54. The van der Waals surface area contributed by atoms with Crippen LogP contribution in [0.5, 0.6) is 0 Å². The van der Waals surface area contributed by atoms with E-state index in [-0.39, 0.29) is 30.8 Å². The smallest absolute Gasteiger partial charge is 0.315 e. The van der Waals surface area contributed by atoms with Crippen LogP contribution in [0.1, 0.15) is 47.1 Å². The standard InChI is InChI=1S/C49H45N3O5S/c1-33-43(32-58-49-52-44(38-15-7-3-8-16-38)46(57-49)39-17-9-4-10-18-39)55-47(56-45(33)40-22-20-35(31-53)21-23-40)41-26-24-37(25-27-41)42-19-11-14-36(28-42)30-51-48(54)50-29-34-12-5-2-6-13-34/h2-28,33,43,45,47,53H,29-32H2,1H3,(H2,50,51,54)/t33-,43+,45+,47+/m1/s1. The van der Waals surface area contributed by atoms with E-state index in [4.69, 9.17) is 18.9 Å². The van der Waals surface area contributed by atoms with Crippen molar-refractivity contribution in [2.45, 2.75) is 50.3 Å². The van der Waals surface area contributed by atoms with Gasteiger partial charge in [-0.3, -0.25) is 0 Å². The molecule has 2 heterocycles. The van der Waals surface area contributed by atoms with E-state index in [1.807, 2.05) is 127 Å². The van der Waals surface area contributed by atoms with E-state index < -0.39 is 6.29 Å². The first kappa shape index (κ1) is 38.9. The quantitative estimate of drug-likeness (QED) is 0.0999. The lowest BCUT2D eigenvalue weighted by atomic mass is 9.91. The lowest BCUT2D eigenvalue weighted by Crippen LogP contribution is -2.38. The van der Waals surface area contributed by atoms with Crippen LogP contribution >= 0.6 is 11.8 Å². The van der Waals surface area contributed by atoms with Gasteiger partial charge in [-0.25, -0.2) is 9.78 Å². The Balaban J connectivity index is 0.983. The van der Waals surface area contributed by atoms with Crippen molar-refractivity contribution in [2.75, 3.05) is 5.75 Å². The maximum atomic E-state index is 12.5. The van der Waals surface area contributed by atoms with E-state index in [9.17, 15) is 9.90 Å². The van der Waals surface area contributed by atoms with E-state index in [0.29, 0.717) is 24.1 Å². The van der Waals surface area contributed by atoms with Crippen LogP contribution in [0.4, 0.5) is 4.79 Å². The van der Waals surface area contributed by atoms with Gasteiger partial charge in [-0.2, -0.15) is 0 Å². The molecule has 1 fully saturated rings. The third-order valence-corrected chi connectivity index (χ3v) is 11.3. The van der Waals surface area contributed by atoms with Crippen LogP contribution < -0.4 is 10.6 Å². The SMILES string of the molecule is C[C@@H]1[C@H](CSc2nc(-c3ccccc3)c(-c3ccccc3)o2)O[C@H](c2ccc(-c3cccc(CNC(=O)NCc4ccccc4)c3)cc2)O[C@@H]1c1ccc(CO)cc1. The molecule has 0 unspecified atom stereocenters. The number of amides is 2. The molecule has 7 aromatic rings. The van der Waals surface area contributed by atoms with E-state index in [1.165, 1.54) is 0 Å². The zero-order valence-electron chi connectivity index (χ0n) is 32.2. The maximum Gasteiger partial charge on any atom is 0.315 e. The van der Waals surface area contributed by atoms with Gasteiger partial charge in [0.05, 0.1) is 18.8 Å². The second kappa shape index (κ2) is 18.5. The van der Waals surface area contributed by atoms with E-state index in [1.54, 1.807) is 11.8 Å². The van der Waals surface area contributed by atoms with Crippen molar-refractivity contribution >= 4 is 17.8 Å². The zero-order chi connectivity index (χ0) is 39.7. The molecule has 9 heteroatoms. The summed E-state index contributed by atoms with van der Waals surface area (Å²) in [4.78, 5) is 17.5. The molecule has 1 aliphatic heterocycles. The molecule has 1 aromatic heterocycles. The molecule has 1 aliphatic rings. The Kier molecular flexibility index (Phi) is 12.4. The number of aliphatic hydroxyl groups excluding tert-OH is 1. The second-order valence-electron chi connectivity index (χ2n) is 14.4. The highest BCUT2D eigenvalue weighted by atomic mass is 32.2. The summed E-state index contributed by atoms with van der Waals surface area (Å²) in [6.45, 7) is 3.01. The summed E-state index contributed by atoms with van der Waals surface area (Å²) in [5, 5.41) is 16.2. The van der Waals surface area contributed by atoms with Crippen molar-refractivity contribution in [3.63, 3.8) is 0 Å². The van der Waals surface area contributed by atoms with Crippen molar-refractivity contribution < 1.29 is 23.8 Å². The number of urea groups is 1. The molecule has 8 nitrogen and oxygen atoms in total. The van der Waals surface area contributed by atoms with E-state index >= 15 is 0 Å². The second-order valence-corrected chi connectivity index (χ2v) is 15.3. The first-order chi connectivity index (χ1) is 28.5. The number of aliphatic hydroxyl groups is 1. The summed E-state index contributed by atoms with van der Waals surface area (Å²) in [6, 6.07) is 54.2. The summed E-state index contributed by atoms with van der Waals surface area (Å²) in [7, 11) is 0. The summed E-state index contributed by atoms with van der Waals surface area (Å²) < 4.78 is 20.0. The molecule has 3 N–H and O–H groups in total. The third kappa shape index (κ3) is 9.41. The zero-order valence-corrected chi connectivity index (χ0v) is 33.0. The molecule has 0 radical (unpaired) electrons. The molecular weight excluding hydrogens is 743 g/mol. The fraction of sp³-hybridized carbons (Fsp3) is 0.184. The van der Waals surface area contributed by atoms with E-state index in [0.717, 1.165) is 61.5 Å². The monoisotopic (exact) mass is 787 g/mol. The third-order valence-electron chi connectivity index (χ3n) is 10.4. The average molecular weight is 788 g/mol. The molecule has 0 bridgehead atoms. The average Bonchev–Trinajstić information content (AvgIpc) is 3.73. The van der Waals surface area contributed by atoms with Gasteiger partial charge >= 0.3 is 6.03 Å². The van der Waals surface area contributed by atoms with Gasteiger partial charge < -0.3 is 29.6 Å². The van der Waals surface area contributed by atoms with Crippen molar-refractivity contribution in [3.8, 4) is 33.7 Å². The molecule has 0 saturated carbocycles. The van der Waals surface area contributed by atoms with Crippen LogP contribution in [0.25, 0.3) is 33.7 Å². The number of nitrogens with one attached hydrogen (secondary N) is 2. The Labute approximate surface area is 343 Å². The molecule has 0 aliphatic carbocycles. The minimum absolute atomic E-state index is 0.00285. The van der Waals surface area contributed by atoms with Gasteiger partial charge in [0.2, 0.25) is 0 Å². The molecular formula is C49H45N3O5S. The minimum Gasteiger partial charge on any atom is -0.431 e. The maximum absolute atomic E-state index is 12.5. The molecule has 0 spiro atoms. The number of aromatic nitrogens is 1. The number of carbonyl (C=O) groups excluding carboxylic acids is 1. The first-order valence-electron chi connectivity index (χ1n) is 19.5. The fourth-order valence-corrected chi connectivity index (χ4v) is 8.11. The van der Waals surface area contributed by atoms with Crippen LogP contribution in [0.2, 0.25) is 0 Å². The number of nitrogens with zero attached hydrogens (tertiary/aromatic N) is 1. The Hall–Kier alpha value is -5.97. The molecule has 2 amide bonds. The topological polar surface area (TPSA) is 106 Å². The Morgan fingerprint density at radius 1 is 0.638 bits per heavy atom. The molecule has 4 atom stereocenters. The number of benzene rings is 6. The van der Waals surface area contributed by atoms with Gasteiger partial charge in [0.1, 0.15) is 5.69 Å². The van der Waals surface area contributed by atoms with E-state index in [2.05, 4.69) is 54.0 Å². The predicted molar refractivity (Wildman–Crippen MR) is 228 cm³/mol. The van der Waals surface area contributed by atoms with Crippen LogP contribution in [0, 0.1) is 5.92 Å². The van der Waals surface area contributed by atoms with Crippen LogP contribution in [0.3, 0.4) is 0 Å². The minimum atomic E-state index is -0.618. The molecule has 8 rings (SSSR count). The number of thioether (sulfide) groups is 1. The number of ether oxygens (including phenoxy) is 2. The summed E-state index contributed by atoms with van der Waals surface area (Å²) in [5.74, 6) is 1.33. The lowest BCUT2D eigenvalue weighted by molar-refractivity contribution is -0.268. The van der Waals surface area contributed by atoms with Gasteiger partial charge in [0.25, 0.3) is 5.22 Å². The highest BCUT2D eigenvalue weighted by Crippen LogP contribution is 2.44. The van der Waals surface area contributed by atoms with Gasteiger partial charge in [-0.15, -0.1) is 0 Å². The Bertz CT molecular complexity index is 2330. The summed E-state index contributed by atoms with van der Waals surface area (Å²) in [5.41, 5.74) is 9.68. The number of oxazole rings is 1. The highest BCUT2D eigenvalue weighted by molar-refractivity contribution is 7.99. The van der Waals surface area contributed by atoms with Crippen LogP contribution in [-0.4, -0.2) is 28.0 Å². The first-order valence-corrected chi connectivity index (χ1v) is 20.5. The molecule has 1 saturated heterocycles. The molecule has 6 aromatic carbocycles. The Morgan fingerprint density at radius 2 is 1.24 bits per heavy atom. The number of hydrogen-bond donors (Lipinski definition) is 3. The number of carbonyl (C=O) groups is 1. The number of rotatable bonds is 13. The van der Waals surface area contributed by atoms with Crippen molar-refractivity contribution in [1.82, 2.24) is 15.6 Å². The molecule has 58 heavy (non-hydrogen) atoms. The van der Waals surface area contributed by atoms with Crippen LogP contribution in [0.15, 0.2) is 173 Å². The van der Waals surface area contributed by atoms with Gasteiger partial charge in [-0.1, -0.05) is 176 Å². The number of hydrogen-bond acceptors (Lipinski definition) is 7. The lowest BCUT2D eigenvalue weighted by Gasteiger charge is -2.41. The predicted octanol–water partition coefficient (Wildman–Crippen LogP) is 10.8.